The van der Waals surface area contributed by atoms with Crippen molar-refractivity contribution in [2.24, 2.45) is 5.41 Å². The maximum absolute atomic E-state index is 14.1. The van der Waals surface area contributed by atoms with Crippen LogP contribution in [-0.4, -0.2) is 58.3 Å². The van der Waals surface area contributed by atoms with Crippen molar-refractivity contribution < 1.29 is 26.4 Å². The first-order chi connectivity index (χ1) is 16.6. The molecule has 2 saturated carbocycles. The molecule has 1 amide bonds. The molecule has 35 heavy (non-hydrogen) atoms. The molecule has 3 heterocycles. The summed E-state index contributed by atoms with van der Waals surface area (Å²) in [5.74, 6) is -0.420. The van der Waals surface area contributed by atoms with Crippen molar-refractivity contribution >= 4 is 15.9 Å². The largest absolute Gasteiger partial charge is 0.332 e. The highest BCUT2D eigenvalue weighted by atomic mass is 32.2. The van der Waals surface area contributed by atoms with Crippen molar-refractivity contribution in [1.29, 1.82) is 0 Å². The van der Waals surface area contributed by atoms with E-state index >= 15 is 0 Å². The summed E-state index contributed by atoms with van der Waals surface area (Å²) in [6, 6.07) is 5.05. The summed E-state index contributed by atoms with van der Waals surface area (Å²) in [6.45, 7) is 2.96. The van der Waals surface area contributed by atoms with Gasteiger partial charge in [0, 0.05) is 43.1 Å². The van der Waals surface area contributed by atoms with Gasteiger partial charge in [-0.2, -0.15) is 4.31 Å². The number of hydrogen-bond acceptors (Lipinski definition) is 4. The lowest BCUT2D eigenvalue weighted by Crippen LogP contribution is -2.68. The number of imidazole rings is 1. The molecular formula is C24H27F3N4O3S. The molecule has 2 aliphatic carbocycles. The fraction of sp³-hybridized carbons (Fsp3) is 0.583. The Kier molecular flexibility index (Phi) is 5.13. The molecule has 1 spiro atoms. The topological polar surface area (TPSA) is 75.5 Å². The predicted octanol–water partition coefficient (Wildman–Crippen LogP) is 3.92. The summed E-state index contributed by atoms with van der Waals surface area (Å²) in [5.41, 5.74) is -0.666. The van der Waals surface area contributed by atoms with Gasteiger partial charge in [-0.3, -0.25) is 4.79 Å². The highest BCUT2D eigenvalue weighted by Gasteiger charge is 2.58. The Morgan fingerprint density at radius 1 is 1.11 bits per heavy atom. The zero-order chi connectivity index (χ0) is 24.7. The molecule has 3 fully saturated rings. The van der Waals surface area contributed by atoms with E-state index in [-0.39, 0.29) is 47.1 Å². The van der Waals surface area contributed by atoms with Gasteiger partial charge in [-0.15, -0.1) is 0 Å². The predicted molar refractivity (Wildman–Crippen MR) is 120 cm³/mol. The first-order valence-electron chi connectivity index (χ1n) is 12.1. The zero-order valence-electron chi connectivity index (χ0n) is 19.3. The summed E-state index contributed by atoms with van der Waals surface area (Å²) in [4.78, 5) is 19.2. The zero-order valence-corrected chi connectivity index (χ0v) is 20.1. The van der Waals surface area contributed by atoms with Gasteiger partial charge in [0.15, 0.2) is 0 Å². The van der Waals surface area contributed by atoms with E-state index in [9.17, 15) is 26.4 Å². The Labute approximate surface area is 202 Å². The molecule has 1 aromatic carbocycles. The van der Waals surface area contributed by atoms with E-state index < -0.39 is 33.9 Å². The van der Waals surface area contributed by atoms with Gasteiger partial charge in [0.05, 0.1) is 0 Å². The molecule has 11 heteroatoms. The van der Waals surface area contributed by atoms with Gasteiger partial charge in [0.1, 0.15) is 27.9 Å². The van der Waals surface area contributed by atoms with Crippen LogP contribution in [0.25, 0.3) is 0 Å². The van der Waals surface area contributed by atoms with Crippen LogP contribution in [0.5, 0.6) is 0 Å². The number of rotatable bonds is 5. The van der Waals surface area contributed by atoms with Crippen LogP contribution in [0.15, 0.2) is 29.2 Å². The SMILES string of the molecule is C[C@@H]1CCn2c(C3CC3)nc(C(F)F)c2C(=O)N1C1CC2(C1)CN(S(=O)(=O)c1ccccc1F)C2. The normalized spacial score (nSPS) is 24.9. The molecule has 7 nitrogen and oxygen atoms in total. The molecule has 188 valence electrons. The number of alkyl halides is 2. The van der Waals surface area contributed by atoms with Crippen LogP contribution in [0.2, 0.25) is 0 Å². The smallest absolute Gasteiger partial charge is 0.282 e. The molecule has 1 atom stereocenters. The maximum Gasteiger partial charge on any atom is 0.282 e. The molecule has 0 N–H and O–H groups in total. The number of halogens is 3. The summed E-state index contributed by atoms with van der Waals surface area (Å²) < 4.78 is 70.5. The number of hydrogen-bond donors (Lipinski definition) is 0. The van der Waals surface area contributed by atoms with Crippen LogP contribution >= 0.6 is 0 Å². The standard InChI is InChI=1S/C24H27F3N4O3S/c1-14-8-9-30-20(19(21(26)27)28-22(30)15-6-7-15)23(32)31(14)16-10-24(11-16)12-29(13-24)35(33,34)18-5-3-2-4-17(18)25/h2-5,14-16,21H,6-13H2,1H3/t14-/m1/s1. The van der Waals surface area contributed by atoms with Crippen molar-refractivity contribution in [3.05, 3.63) is 47.3 Å². The van der Waals surface area contributed by atoms with Crippen LogP contribution in [0.4, 0.5) is 13.2 Å². The number of fused-ring (bicyclic) bond motifs is 1. The lowest BCUT2D eigenvalue weighted by atomic mass is 9.61. The summed E-state index contributed by atoms with van der Waals surface area (Å²) in [7, 11) is -3.92. The molecule has 4 aliphatic rings. The van der Waals surface area contributed by atoms with Gasteiger partial charge in [0.25, 0.3) is 12.3 Å². The molecule has 1 aromatic heterocycles. The van der Waals surface area contributed by atoms with Gasteiger partial charge in [-0.1, -0.05) is 12.1 Å². The van der Waals surface area contributed by atoms with E-state index in [1.165, 1.54) is 22.5 Å². The third-order valence-electron chi connectivity index (χ3n) is 8.06. The fourth-order valence-corrected chi connectivity index (χ4v) is 7.84. The quantitative estimate of drug-likeness (QED) is 0.614. The van der Waals surface area contributed by atoms with E-state index in [4.69, 9.17) is 0 Å². The van der Waals surface area contributed by atoms with Crippen LogP contribution in [0.3, 0.4) is 0 Å². The van der Waals surface area contributed by atoms with Crippen LogP contribution in [-0.2, 0) is 16.6 Å². The minimum absolute atomic E-state index is 0.0181. The molecule has 2 aromatic rings. The van der Waals surface area contributed by atoms with E-state index in [0.717, 1.165) is 18.9 Å². The summed E-state index contributed by atoms with van der Waals surface area (Å²) in [6.07, 6.45) is 0.836. The average Bonchev–Trinajstić information content (AvgIpc) is 3.53. The van der Waals surface area contributed by atoms with E-state index in [1.54, 1.807) is 9.47 Å². The third kappa shape index (κ3) is 3.53. The van der Waals surface area contributed by atoms with Gasteiger partial charge in [-0.25, -0.2) is 26.6 Å². The first kappa shape index (κ1) is 23.0. The minimum atomic E-state index is -3.92. The Balaban J connectivity index is 1.20. The van der Waals surface area contributed by atoms with E-state index in [0.29, 0.717) is 31.6 Å². The number of sulfonamides is 1. The molecule has 1 saturated heterocycles. The molecule has 6 rings (SSSR count). The minimum Gasteiger partial charge on any atom is -0.332 e. The number of amides is 1. The molecular weight excluding hydrogens is 481 g/mol. The summed E-state index contributed by atoms with van der Waals surface area (Å²) in [5, 5.41) is 0. The Morgan fingerprint density at radius 2 is 1.80 bits per heavy atom. The molecule has 0 bridgehead atoms. The number of carbonyl (C=O) groups excluding carboxylic acids is 1. The number of benzene rings is 1. The van der Waals surface area contributed by atoms with Crippen molar-refractivity contribution in [3.63, 3.8) is 0 Å². The second kappa shape index (κ2) is 7.80. The van der Waals surface area contributed by atoms with Crippen molar-refractivity contribution in [2.45, 2.75) is 74.9 Å². The molecule has 0 unspecified atom stereocenters. The van der Waals surface area contributed by atoms with Crippen molar-refractivity contribution in [2.75, 3.05) is 13.1 Å². The van der Waals surface area contributed by atoms with Gasteiger partial charge in [-0.05, 0) is 51.2 Å². The van der Waals surface area contributed by atoms with Crippen LogP contribution in [0.1, 0.15) is 73.4 Å². The van der Waals surface area contributed by atoms with Gasteiger partial charge < -0.3 is 9.47 Å². The lowest BCUT2D eigenvalue weighted by Gasteiger charge is -2.60. The van der Waals surface area contributed by atoms with Crippen molar-refractivity contribution in [1.82, 2.24) is 18.8 Å². The molecule has 0 radical (unpaired) electrons. The third-order valence-corrected chi connectivity index (χ3v) is 9.89. The van der Waals surface area contributed by atoms with Crippen molar-refractivity contribution in [3.8, 4) is 0 Å². The maximum atomic E-state index is 14.1. The lowest BCUT2D eigenvalue weighted by molar-refractivity contribution is -0.0741. The van der Waals surface area contributed by atoms with E-state index in [2.05, 4.69) is 4.98 Å². The summed E-state index contributed by atoms with van der Waals surface area (Å²) >= 11 is 0. The average molecular weight is 509 g/mol. The van der Waals surface area contributed by atoms with Gasteiger partial charge in [0.2, 0.25) is 10.0 Å². The Morgan fingerprint density at radius 3 is 2.43 bits per heavy atom. The second-order valence-corrected chi connectivity index (χ2v) is 12.5. The number of carbonyl (C=O) groups is 1. The fourth-order valence-electron chi connectivity index (χ4n) is 6.11. The van der Waals surface area contributed by atoms with Gasteiger partial charge >= 0.3 is 0 Å². The Hall–Kier alpha value is -2.40. The number of aromatic nitrogens is 2. The van der Waals surface area contributed by atoms with Crippen LogP contribution in [0, 0.1) is 11.2 Å². The monoisotopic (exact) mass is 508 g/mol. The highest BCUT2D eigenvalue weighted by molar-refractivity contribution is 7.89. The second-order valence-electron chi connectivity index (χ2n) is 10.5. The number of nitrogens with zero attached hydrogens (tertiary/aromatic N) is 4. The molecule has 2 aliphatic heterocycles. The van der Waals surface area contributed by atoms with E-state index in [1.807, 2.05) is 6.92 Å². The first-order valence-corrected chi connectivity index (χ1v) is 13.5. The van der Waals surface area contributed by atoms with Crippen LogP contribution < -0.4 is 0 Å². The Bertz CT molecular complexity index is 1290. The highest BCUT2D eigenvalue weighted by Crippen LogP contribution is 2.53.